The number of amides is 2. The van der Waals surface area contributed by atoms with Crippen molar-refractivity contribution in [2.75, 3.05) is 33.1 Å². The number of likely N-dealkylation sites (tertiary alicyclic amines) is 1. The Kier molecular flexibility index (Phi) is 4.27. The number of hydrogen-bond donors (Lipinski definition) is 0. The van der Waals surface area contributed by atoms with Gasteiger partial charge in [0.15, 0.2) is 11.5 Å². The molecule has 7 heteroatoms. The van der Waals surface area contributed by atoms with Crippen LogP contribution in [-0.2, 0) is 4.79 Å². The van der Waals surface area contributed by atoms with Gasteiger partial charge in [0.05, 0.1) is 19.8 Å². The molecule has 1 aromatic rings. The lowest BCUT2D eigenvalue weighted by molar-refractivity contribution is -0.136. The number of carbonyl (C=O) groups excluding carboxylic acids is 2. The normalized spacial score (nSPS) is 25.0. The van der Waals surface area contributed by atoms with Crippen molar-refractivity contribution in [2.24, 2.45) is 0 Å². The van der Waals surface area contributed by atoms with Crippen LogP contribution in [0, 0.1) is 0 Å². The van der Waals surface area contributed by atoms with Gasteiger partial charge >= 0.3 is 0 Å². The van der Waals surface area contributed by atoms with E-state index in [4.69, 9.17) is 9.47 Å². The molecule has 3 aliphatic heterocycles. The maximum Gasteiger partial charge on any atom is 0.260 e. The summed E-state index contributed by atoms with van der Waals surface area (Å²) in [5.74, 6) is 1.61. The predicted octanol–water partition coefficient (Wildman–Crippen LogP) is 2.29. The zero-order chi connectivity index (χ0) is 17.6. The van der Waals surface area contributed by atoms with Crippen LogP contribution < -0.4 is 9.47 Å². The smallest absolute Gasteiger partial charge is 0.260 e. The molecule has 0 radical (unpaired) electrons. The molecule has 0 bridgehead atoms. The summed E-state index contributed by atoms with van der Waals surface area (Å²) in [6.07, 6.45) is 3.28. The van der Waals surface area contributed by atoms with E-state index >= 15 is 0 Å². The third-order valence-corrected chi connectivity index (χ3v) is 6.55. The van der Waals surface area contributed by atoms with Crippen LogP contribution in [0.1, 0.15) is 40.6 Å². The summed E-state index contributed by atoms with van der Waals surface area (Å²) < 4.78 is 10.8. The number of rotatable bonds is 3. The van der Waals surface area contributed by atoms with Gasteiger partial charge in [-0.1, -0.05) is 6.07 Å². The minimum Gasteiger partial charge on any atom is -0.493 e. The Morgan fingerprint density at radius 1 is 1.16 bits per heavy atom. The van der Waals surface area contributed by atoms with E-state index in [-0.39, 0.29) is 23.2 Å². The van der Waals surface area contributed by atoms with E-state index in [0.29, 0.717) is 22.8 Å². The monoisotopic (exact) mass is 362 g/mol. The first kappa shape index (κ1) is 16.6. The first-order valence-electron chi connectivity index (χ1n) is 8.65. The fraction of sp³-hybridized carbons (Fsp3) is 0.556. The third kappa shape index (κ3) is 2.47. The Hall–Kier alpha value is -1.89. The van der Waals surface area contributed by atoms with Gasteiger partial charge in [0, 0.05) is 24.4 Å². The van der Waals surface area contributed by atoms with E-state index in [1.54, 1.807) is 30.9 Å². The van der Waals surface area contributed by atoms with Gasteiger partial charge in [0.1, 0.15) is 11.4 Å². The lowest BCUT2D eigenvalue weighted by Gasteiger charge is -2.32. The number of nitrogens with zero attached hydrogens (tertiary/aromatic N) is 2. The van der Waals surface area contributed by atoms with Gasteiger partial charge in [0.2, 0.25) is 5.91 Å². The molecule has 3 aliphatic rings. The zero-order valence-electron chi connectivity index (χ0n) is 14.5. The van der Waals surface area contributed by atoms with E-state index in [9.17, 15) is 9.59 Å². The topological polar surface area (TPSA) is 59.1 Å². The minimum absolute atomic E-state index is 0.0850. The SMILES string of the molecule is COc1ccc2c(c1OC)C(=O)N1[C@@H]2SC[C@H]1C(=O)N1CCCCC1. The molecule has 0 unspecified atom stereocenters. The van der Waals surface area contributed by atoms with Crippen molar-refractivity contribution in [3.63, 3.8) is 0 Å². The van der Waals surface area contributed by atoms with E-state index in [1.165, 1.54) is 6.42 Å². The summed E-state index contributed by atoms with van der Waals surface area (Å²) in [5.41, 5.74) is 1.46. The molecule has 25 heavy (non-hydrogen) atoms. The molecule has 134 valence electrons. The molecule has 0 aromatic heterocycles. The fourth-order valence-electron chi connectivity index (χ4n) is 4.01. The highest BCUT2D eigenvalue weighted by Crippen LogP contribution is 2.52. The average molecular weight is 362 g/mol. The van der Waals surface area contributed by atoms with Gasteiger partial charge in [-0.05, 0) is 25.3 Å². The maximum absolute atomic E-state index is 13.1. The molecular weight excluding hydrogens is 340 g/mol. The molecule has 3 heterocycles. The summed E-state index contributed by atoms with van der Waals surface area (Å²) in [6, 6.07) is 3.36. The Bertz CT molecular complexity index is 717. The van der Waals surface area contributed by atoms with Crippen molar-refractivity contribution in [3.8, 4) is 11.5 Å². The van der Waals surface area contributed by atoms with Crippen molar-refractivity contribution < 1.29 is 19.1 Å². The van der Waals surface area contributed by atoms with Gasteiger partial charge in [-0.25, -0.2) is 0 Å². The largest absolute Gasteiger partial charge is 0.493 e. The lowest BCUT2D eigenvalue weighted by Crippen LogP contribution is -2.49. The van der Waals surface area contributed by atoms with Crippen LogP contribution in [-0.4, -0.2) is 60.7 Å². The Labute approximate surface area is 151 Å². The van der Waals surface area contributed by atoms with E-state index in [1.807, 2.05) is 17.0 Å². The Morgan fingerprint density at radius 3 is 2.60 bits per heavy atom. The van der Waals surface area contributed by atoms with Crippen LogP contribution >= 0.6 is 11.8 Å². The number of carbonyl (C=O) groups is 2. The van der Waals surface area contributed by atoms with Crippen LogP contribution in [0.3, 0.4) is 0 Å². The molecule has 0 N–H and O–H groups in total. The molecule has 2 saturated heterocycles. The molecule has 0 aliphatic carbocycles. The summed E-state index contributed by atoms with van der Waals surface area (Å²) in [6.45, 7) is 1.60. The van der Waals surface area contributed by atoms with E-state index in [0.717, 1.165) is 31.5 Å². The van der Waals surface area contributed by atoms with Gasteiger partial charge in [0.25, 0.3) is 5.91 Å². The number of benzene rings is 1. The zero-order valence-corrected chi connectivity index (χ0v) is 15.3. The van der Waals surface area contributed by atoms with Crippen LogP contribution in [0.5, 0.6) is 11.5 Å². The minimum atomic E-state index is -0.385. The Balaban J connectivity index is 1.66. The second-order valence-electron chi connectivity index (χ2n) is 6.57. The quantitative estimate of drug-likeness (QED) is 0.826. The van der Waals surface area contributed by atoms with Gasteiger partial charge in [-0.2, -0.15) is 0 Å². The van der Waals surface area contributed by atoms with Crippen molar-refractivity contribution in [1.82, 2.24) is 9.80 Å². The number of ether oxygens (including phenoxy) is 2. The summed E-state index contributed by atoms with van der Waals surface area (Å²) in [4.78, 5) is 29.8. The summed E-state index contributed by atoms with van der Waals surface area (Å²) in [5, 5.41) is -0.110. The molecule has 2 amide bonds. The van der Waals surface area contributed by atoms with Crippen molar-refractivity contribution in [1.29, 1.82) is 0 Å². The molecule has 0 spiro atoms. The van der Waals surface area contributed by atoms with Crippen molar-refractivity contribution in [3.05, 3.63) is 23.3 Å². The highest BCUT2D eigenvalue weighted by atomic mass is 32.2. The molecular formula is C18H22N2O4S. The molecule has 0 saturated carbocycles. The van der Waals surface area contributed by atoms with Crippen LogP contribution in [0.4, 0.5) is 0 Å². The van der Waals surface area contributed by atoms with E-state index in [2.05, 4.69) is 0 Å². The maximum atomic E-state index is 13.1. The van der Waals surface area contributed by atoms with Crippen molar-refractivity contribution in [2.45, 2.75) is 30.7 Å². The van der Waals surface area contributed by atoms with E-state index < -0.39 is 0 Å². The first-order valence-corrected chi connectivity index (χ1v) is 9.70. The molecule has 2 fully saturated rings. The highest BCUT2D eigenvalue weighted by molar-refractivity contribution is 7.99. The van der Waals surface area contributed by atoms with Crippen LogP contribution in [0.25, 0.3) is 0 Å². The van der Waals surface area contributed by atoms with Gasteiger partial charge in [-0.3, -0.25) is 9.59 Å². The van der Waals surface area contributed by atoms with Crippen LogP contribution in [0.2, 0.25) is 0 Å². The second kappa shape index (κ2) is 6.44. The first-order chi connectivity index (χ1) is 12.2. The molecule has 4 rings (SSSR count). The van der Waals surface area contributed by atoms with Gasteiger partial charge < -0.3 is 19.3 Å². The number of thioether (sulfide) groups is 1. The van der Waals surface area contributed by atoms with Crippen molar-refractivity contribution >= 4 is 23.6 Å². The number of fused-ring (bicyclic) bond motifs is 3. The van der Waals surface area contributed by atoms with Gasteiger partial charge in [-0.15, -0.1) is 11.8 Å². The molecule has 2 atom stereocenters. The highest BCUT2D eigenvalue weighted by Gasteiger charge is 2.51. The Morgan fingerprint density at radius 2 is 1.92 bits per heavy atom. The number of hydrogen-bond acceptors (Lipinski definition) is 5. The fourth-order valence-corrected chi connectivity index (χ4v) is 5.45. The standard InChI is InChI=1S/C18H22N2O4S/c1-23-13-7-6-11-14(15(13)24-2)17(22)20-12(10-25-18(11)20)16(21)19-8-4-3-5-9-19/h6-7,12,18H,3-5,8-10H2,1-2H3/t12-,18+/m0/s1. The third-order valence-electron chi connectivity index (χ3n) is 5.25. The molecule has 1 aromatic carbocycles. The molecule has 6 nitrogen and oxygen atoms in total. The van der Waals surface area contributed by atoms with Crippen LogP contribution in [0.15, 0.2) is 12.1 Å². The lowest BCUT2D eigenvalue weighted by atomic mass is 10.1. The predicted molar refractivity (Wildman–Crippen MR) is 95.1 cm³/mol. The number of piperidine rings is 1. The summed E-state index contributed by atoms with van der Waals surface area (Å²) in [7, 11) is 3.10. The second-order valence-corrected chi connectivity index (χ2v) is 7.68. The number of methoxy groups -OCH3 is 2. The summed E-state index contributed by atoms with van der Waals surface area (Å²) >= 11 is 1.65. The average Bonchev–Trinajstić information content (AvgIpc) is 3.21.